The van der Waals surface area contributed by atoms with Gasteiger partial charge in [-0.25, -0.2) is 0 Å². The second-order valence-electron chi connectivity index (χ2n) is 13.1. The van der Waals surface area contributed by atoms with Gasteiger partial charge in [-0.05, 0) is 107 Å². The summed E-state index contributed by atoms with van der Waals surface area (Å²) in [5.41, 5.74) is 1.46. The van der Waals surface area contributed by atoms with Crippen molar-refractivity contribution in [2.24, 2.45) is 20.5 Å². The molecule has 0 bridgehead atoms. The second kappa shape index (κ2) is 16.2. The monoisotopic (exact) mass is 885 g/mol. The van der Waals surface area contributed by atoms with Crippen molar-refractivity contribution in [1.29, 1.82) is 0 Å². The highest BCUT2D eigenvalue weighted by Crippen LogP contribution is 2.45. The van der Waals surface area contributed by atoms with Crippen LogP contribution in [0.2, 0.25) is 0 Å². The number of fused-ring (bicyclic) bond motifs is 2. The molecule has 0 heterocycles. The first kappa shape index (κ1) is 42.1. The number of phenolic OH excluding ortho intramolecular Hbond substituents is 2. The van der Waals surface area contributed by atoms with Crippen molar-refractivity contribution in [3.8, 4) is 34.1 Å². The SMILES string of the molecule is COc1cc(-c2ccc(N=Nc3c(S(=O)(=O)O)cc4cc(S(=O)(=O)O)ccc4c3O)c(OC)c2)ccc1N=Nc1c(S(=O)(=O)O)cc2cc(Nc3ccccc3)ccc2c1O. The molecule has 0 saturated carbocycles. The summed E-state index contributed by atoms with van der Waals surface area (Å²) >= 11 is 0. The van der Waals surface area contributed by atoms with Crippen molar-refractivity contribution >= 4 is 86.0 Å². The summed E-state index contributed by atoms with van der Waals surface area (Å²) in [5.74, 6) is -1.00. The van der Waals surface area contributed by atoms with E-state index in [9.17, 15) is 49.1 Å². The molecule has 0 atom stereocenters. The molecule has 0 unspecified atom stereocenters. The van der Waals surface area contributed by atoms with Gasteiger partial charge in [-0.2, -0.15) is 25.3 Å². The smallest absolute Gasteiger partial charge is 0.296 e. The zero-order valence-corrected chi connectivity index (χ0v) is 33.9. The van der Waals surface area contributed by atoms with E-state index in [1.54, 1.807) is 42.5 Å². The van der Waals surface area contributed by atoms with Crippen LogP contribution in [-0.2, 0) is 30.4 Å². The molecular weight excluding hydrogens is 855 g/mol. The van der Waals surface area contributed by atoms with E-state index in [2.05, 4.69) is 25.8 Å². The van der Waals surface area contributed by atoms with E-state index < -0.39 is 67.9 Å². The van der Waals surface area contributed by atoms with Gasteiger partial charge in [0.15, 0.2) is 11.5 Å². The quantitative estimate of drug-likeness (QED) is 0.0492. The first-order chi connectivity index (χ1) is 28.8. The number of methoxy groups -OCH3 is 2. The van der Waals surface area contributed by atoms with E-state index in [1.165, 1.54) is 32.4 Å². The Kier molecular flexibility index (Phi) is 11.2. The van der Waals surface area contributed by atoms with Crippen LogP contribution in [0.5, 0.6) is 23.0 Å². The third kappa shape index (κ3) is 8.82. The van der Waals surface area contributed by atoms with Crippen LogP contribution in [0.15, 0.2) is 150 Å². The lowest BCUT2D eigenvalue weighted by atomic mass is 10.0. The second-order valence-corrected chi connectivity index (χ2v) is 17.3. The average Bonchev–Trinajstić information content (AvgIpc) is 3.22. The molecule has 21 heteroatoms. The summed E-state index contributed by atoms with van der Waals surface area (Å²) in [6.45, 7) is 0. The molecule has 7 aromatic rings. The fourth-order valence-corrected chi connectivity index (χ4v) is 8.11. The molecule has 0 aliphatic heterocycles. The van der Waals surface area contributed by atoms with E-state index in [4.69, 9.17) is 9.47 Å². The predicted octanol–water partition coefficient (Wildman–Crippen LogP) is 9.40. The lowest BCUT2D eigenvalue weighted by Gasteiger charge is -2.12. The van der Waals surface area contributed by atoms with E-state index in [1.807, 2.05) is 30.3 Å². The summed E-state index contributed by atoms with van der Waals surface area (Å²) in [6, 6.07) is 28.4. The molecule has 0 aromatic heterocycles. The topological polar surface area (TPSA) is 284 Å². The summed E-state index contributed by atoms with van der Waals surface area (Å²) in [5, 5.41) is 41.8. The Morgan fingerprint density at radius 2 is 0.967 bits per heavy atom. The Morgan fingerprint density at radius 1 is 0.492 bits per heavy atom. The van der Waals surface area contributed by atoms with Crippen LogP contribution in [0.4, 0.5) is 34.1 Å². The molecular formula is C40H31N5O13S3. The fraction of sp³-hybridized carbons (Fsp3) is 0.0500. The van der Waals surface area contributed by atoms with Gasteiger partial charge in [0.2, 0.25) is 0 Å². The maximum absolute atomic E-state index is 12.5. The van der Waals surface area contributed by atoms with E-state index in [0.29, 0.717) is 22.2 Å². The number of benzene rings is 7. The van der Waals surface area contributed by atoms with E-state index >= 15 is 0 Å². The largest absolute Gasteiger partial charge is 0.505 e. The summed E-state index contributed by atoms with van der Waals surface area (Å²) in [4.78, 5) is -2.17. The molecule has 312 valence electrons. The van der Waals surface area contributed by atoms with Crippen molar-refractivity contribution in [2.75, 3.05) is 19.5 Å². The van der Waals surface area contributed by atoms with Crippen LogP contribution in [0.1, 0.15) is 0 Å². The van der Waals surface area contributed by atoms with Crippen LogP contribution in [0, 0.1) is 0 Å². The lowest BCUT2D eigenvalue weighted by molar-refractivity contribution is 0.415. The zero-order chi connectivity index (χ0) is 43.9. The highest BCUT2D eigenvalue weighted by molar-refractivity contribution is 7.86. The van der Waals surface area contributed by atoms with Crippen molar-refractivity contribution in [2.45, 2.75) is 14.7 Å². The number of para-hydroxylation sites is 1. The Morgan fingerprint density at radius 3 is 1.43 bits per heavy atom. The zero-order valence-electron chi connectivity index (χ0n) is 31.5. The van der Waals surface area contributed by atoms with Crippen molar-refractivity contribution in [3.05, 3.63) is 115 Å². The van der Waals surface area contributed by atoms with Crippen molar-refractivity contribution in [3.63, 3.8) is 0 Å². The molecule has 0 amide bonds. The first-order valence-electron chi connectivity index (χ1n) is 17.4. The number of nitrogens with one attached hydrogen (secondary N) is 1. The minimum absolute atomic E-state index is 0.0552. The molecule has 7 rings (SSSR count). The van der Waals surface area contributed by atoms with Crippen LogP contribution < -0.4 is 14.8 Å². The third-order valence-electron chi connectivity index (χ3n) is 9.20. The molecule has 0 fully saturated rings. The Hall–Kier alpha value is -7.01. The molecule has 7 aromatic carbocycles. The number of azo groups is 2. The molecule has 0 saturated heterocycles. The maximum atomic E-state index is 12.5. The number of ether oxygens (including phenoxy) is 2. The Labute approximate surface area is 347 Å². The van der Waals surface area contributed by atoms with Gasteiger partial charge >= 0.3 is 0 Å². The van der Waals surface area contributed by atoms with Gasteiger partial charge in [0.25, 0.3) is 30.4 Å². The van der Waals surface area contributed by atoms with Crippen LogP contribution in [0.3, 0.4) is 0 Å². The number of anilines is 2. The van der Waals surface area contributed by atoms with Crippen LogP contribution in [-0.4, -0.2) is 63.3 Å². The third-order valence-corrected chi connectivity index (χ3v) is 11.8. The summed E-state index contributed by atoms with van der Waals surface area (Å²) < 4.78 is 113. The van der Waals surface area contributed by atoms with Crippen molar-refractivity contribution in [1.82, 2.24) is 0 Å². The number of rotatable bonds is 12. The normalized spacial score (nSPS) is 12.4. The van der Waals surface area contributed by atoms with E-state index in [0.717, 1.165) is 30.0 Å². The minimum Gasteiger partial charge on any atom is -0.505 e. The molecule has 6 N–H and O–H groups in total. The van der Waals surface area contributed by atoms with Gasteiger partial charge in [-0.1, -0.05) is 30.3 Å². The van der Waals surface area contributed by atoms with Gasteiger partial charge in [0.1, 0.15) is 44.0 Å². The highest BCUT2D eigenvalue weighted by atomic mass is 32.2. The number of nitrogens with zero attached hydrogens (tertiary/aromatic N) is 4. The van der Waals surface area contributed by atoms with Gasteiger partial charge in [0, 0.05) is 22.1 Å². The Balaban J connectivity index is 1.20. The molecule has 61 heavy (non-hydrogen) atoms. The van der Waals surface area contributed by atoms with Gasteiger partial charge in [-0.3, -0.25) is 13.7 Å². The fourth-order valence-electron chi connectivity index (χ4n) is 6.28. The number of aromatic hydroxyl groups is 2. The average molecular weight is 886 g/mol. The number of phenols is 2. The molecule has 0 aliphatic rings. The van der Waals surface area contributed by atoms with Gasteiger partial charge in [-0.15, -0.1) is 20.5 Å². The lowest BCUT2D eigenvalue weighted by Crippen LogP contribution is -2.00. The maximum Gasteiger partial charge on any atom is 0.296 e. The molecule has 18 nitrogen and oxygen atoms in total. The molecule has 0 radical (unpaired) electrons. The standard InChI is InChI=1S/C40H31N5O13S3/c1-57-33-18-22(8-14-31(33)42-44-37-35(60(51,52)53)20-24-16-27(10-12-29(24)39(37)46)41-26-6-4-3-5-7-26)23-9-15-32(34(19-23)58-2)43-45-38-36(61(54,55)56)21-25-17-28(59(48,49)50)11-13-30(25)40(38)47/h3-21,41,46-47H,1-2H3,(H,48,49,50)(H,51,52,53)(H,54,55,56). The Bertz CT molecular complexity index is 3310. The van der Waals surface area contributed by atoms with Crippen molar-refractivity contribution < 1.29 is 58.6 Å². The van der Waals surface area contributed by atoms with Gasteiger partial charge < -0.3 is 25.0 Å². The van der Waals surface area contributed by atoms with Crippen LogP contribution in [0.25, 0.3) is 32.7 Å². The first-order valence-corrected chi connectivity index (χ1v) is 21.7. The van der Waals surface area contributed by atoms with E-state index in [-0.39, 0.29) is 39.0 Å². The summed E-state index contributed by atoms with van der Waals surface area (Å²) in [7, 11) is -12.0. The van der Waals surface area contributed by atoms with Crippen LogP contribution >= 0.6 is 0 Å². The number of hydrogen-bond acceptors (Lipinski definition) is 15. The van der Waals surface area contributed by atoms with Gasteiger partial charge in [0.05, 0.1) is 19.1 Å². The number of hydrogen-bond donors (Lipinski definition) is 6. The summed E-state index contributed by atoms with van der Waals surface area (Å²) in [6.07, 6.45) is 0. The predicted molar refractivity (Wildman–Crippen MR) is 224 cm³/mol. The molecule has 0 spiro atoms. The molecule has 0 aliphatic carbocycles. The highest BCUT2D eigenvalue weighted by Gasteiger charge is 2.25. The minimum atomic E-state index is -5.05.